The van der Waals surface area contributed by atoms with Gasteiger partial charge in [0.25, 0.3) is 5.91 Å². The molecule has 8 heteroatoms. The zero-order chi connectivity index (χ0) is 20.3. The summed E-state index contributed by atoms with van der Waals surface area (Å²) in [6.07, 6.45) is 2.60. The fraction of sp³-hybridized carbons (Fsp3) is 0.500. The van der Waals surface area contributed by atoms with Gasteiger partial charge in [0, 0.05) is 37.1 Å². The van der Waals surface area contributed by atoms with E-state index < -0.39 is 0 Å². The lowest BCUT2D eigenvalue weighted by Gasteiger charge is -2.22. The van der Waals surface area contributed by atoms with Gasteiger partial charge >= 0.3 is 0 Å². The molecule has 0 radical (unpaired) electrons. The fourth-order valence-corrected chi connectivity index (χ4v) is 3.51. The van der Waals surface area contributed by atoms with Gasteiger partial charge in [-0.25, -0.2) is 15.0 Å². The third-order valence-electron chi connectivity index (χ3n) is 5.07. The van der Waals surface area contributed by atoms with Crippen LogP contribution < -0.4 is 15.0 Å². The first-order chi connectivity index (χ1) is 13.4. The quantitative estimate of drug-likeness (QED) is 0.779. The lowest BCUT2D eigenvalue weighted by atomic mass is 10.0. The lowest BCUT2D eigenvalue weighted by molar-refractivity contribution is 0.0920. The molecule has 2 unspecified atom stereocenters. The van der Waals surface area contributed by atoms with Crippen molar-refractivity contribution in [2.75, 3.05) is 25.1 Å². The van der Waals surface area contributed by atoms with Crippen LogP contribution in [0.25, 0.3) is 0 Å². The smallest absolute Gasteiger partial charge is 0.273 e. The highest BCUT2D eigenvalue weighted by atomic mass is 16.5. The summed E-state index contributed by atoms with van der Waals surface area (Å²) in [5, 5.41) is 12.4. The third kappa shape index (κ3) is 4.39. The summed E-state index contributed by atoms with van der Waals surface area (Å²) in [5.41, 5.74) is 2.07. The van der Waals surface area contributed by atoms with Crippen LogP contribution in [0.5, 0.6) is 5.75 Å². The first-order valence-electron chi connectivity index (χ1n) is 9.43. The zero-order valence-corrected chi connectivity index (χ0v) is 16.8. The highest BCUT2D eigenvalue weighted by Crippen LogP contribution is 2.25. The second-order valence-corrected chi connectivity index (χ2v) is 7.26. The first kappa shape index (κ1) is 20.0. The van der Waals surface area contributed by atoms with E-state index in [9.17, 15) is 9.90 Å². The Kier molecular flexibility index (Phi) is 6.08. The van der Waals surface area contributed by atoms with Gasteiger partial charge in [-0.1, -0.05) is 0 Å². The van der Waals surface area contributed by atoms with Crippen LogP contribution in [0.2, 0.25) is 0 Å². The number of pyridine rings is 1. The van der Waals surface area contributed by atoms with Crippen molar-refractivity contribution in [1.82, 2.24) is 20.3 Å². The fourth-order valence-electron chi connectivity index (χ4n) is 3.51. The maximum absolute atomic E-state index is 12.7. The molecule has 0 spiro atoms. The molecule has 0 saturated carbocycles. The minimum atomic E-state index is -0.233. The lowest BCUT2D eigenvalue weighted by Crippen LogP contribution is -2.39. The van der Waals surface area contributed by atoms with Crippen molar-refractivity contribution in [2.24, 2.45) is 5.92 Å². The zero-order valence-electron chi connectivity index (χ0n) is 16.8. The largest absolute Gasteiger partial charge is 0.494 e. The molecular formula is C20H27N5O3. The van der Waals surface area contributed by atoms with Crippen molar-refractivity contribution < 1.29 is 14.6 Å². The summed E-state index contributed by atoms with van der Waals surface area (Å²) in [6.45, 7) is 7.26. The minimum Gasteiger partial charge on any atom is -0.494 e. The van der Waals surface area contributed by atoms with Crippen molar-refractivity contribution in [3.05, 3.63) is 41.1 Å². The van der Waals surface area contributed by atoms with Crippen LogP contribution >= 0.6 is 0 Å². The number of ether oxygens (including phenoxy) is 1. The van der Waals surface area contributed by atoms with E-state index in [0.717, 1.165) is 36.6 Å². The van der Waals surface area contributed by atoms with E-state index in [-0.39, 0.29) is 24.5 Å². The Hall–Kier alpha value is -2.74. The number of aryl methyl sites for hydroxylation is 2. The Bertz CT molecular complexity index is 858. The van der Waals surface area contributed by atoms with Crippen molar-refractivity contribution in [1.29, 1.82) is 0 Å². The van der Waals surface area contributed by atoms with Gasteiger partial charge in [-0.2, -0.15) is 0 Å². The summed E-state index contributed by atoms with van der Waals surface area (Å²) in [6, 6.07) is 3.71. The number of nitrogens with one attached hydrogen (secondary N) is 1. The topological polar surface area (TPSA) is 100 Å². The van der Waals surface area contributed by atoms with Gasteiger partial charge in [0.2, 0.25) is 0 Å². The van der Waals surface area contributed by atoms with Gasteiger partial charge in [0.05, 0.1) is 7.11 Å². The number of methoxy groups -OCH3 is 1. The van der Waals surface area contributed by atoms with E-state index in [4.69, 9.17) is 4.74 Å². The van der Waals surface area contributed by atoms with E-state index >= 15 is 0 Å². The SMILES string of the molecule is COc1cc(C)cnc1C(=O)NC(C)C1CCN(c2cc(C)nc(CO)n2)C1. The van der Waals surface area contributed by atoms with Gasteiger partial charge in [-0.15, -0.1) is 0 Å². The van der Waals surface area contributed by atoms with Crippen LogP contribution in [0.4, 0.5) is 5.82 Å². The minimum absolute atomic E-state index is 0.0226. The van der Waals surface area contributed by atoms with E-state index in [1.165, 1.54) is 7.11 Å². The molecule has 2 aromatic rings. The Labute approximate surface area is 165 Å². The molecular weight excluding hydrogens is 358 g/mol. The van der Waals surface area contributed by atoms with Gasteiger partial charge in [-0.3, -0.25) is 4.79 Å². The molecule has 150 valence electrons. The number of hydrogen-bond donors (Lipinski definition) is 2. The van der Waals surface area contributed by atoms with Crippen LogP contribution in [0.1, 0.15) is 40.9 Å². The van der Waals surface area contributed by atoms with E-state index in [2.05, 4.69) is 25.2 Å². The molecule has 0 bridgehead atoms. The van der Waals surface area contributed by atoms with E-state index in [0.29, 0.717) is 17.3 Å². The average molecular weight is 385 g/mol. The molecule has 3 rings (SSSR count). The summed E-state index contributed by atoms with van der Waals surface area (Å²) >= 11 is 0. The second kappa shape index (κ2) is 8.52. The first-order valence-corrected chi connectivity index (χ1v) is 9.43. The number of carbonyl (C=O) groups excluding carboxylic acids is 1. The Morgan fingerprint density at radius 3 is 2.89 bits per heavy atom. The van der Waals surface area contributed by atoms with E-state index in [1.54, 1.807) is 12.3 Å². The molecule has 1 aliphatic rings. The third-order valence-corrected chi connectivity index (χ3v) is 5.07. The Morgan fingerprint density at radius 1 is 1.39 bits per heavy atom. The number of carbonyl (C=O) groups is 1. The van der Waals surface area contributed by atoms with Gasteiger partial charge in [0.15, 0.2) is 11.5 Å². The Balaban J connectivity index is 1.65. The van der Waals surface area contributed by atoms with Crippen LogP contribution in [0, 0.1) is 19.8 Å². The molecule has 0 aromatic carbocycles. The van der Waals surface area contributed by atoms with Gasteiger partial charge in [-0.05, 0) is 44.7 Å². The van der Waals surface area contributed by atoms with Crippen molar-refractivity contribution >= 4 is 11.7 Å². The maximum atomic E-state index is 12.7. The molecule has 0 aliphatic carbocycles. The predicted octanol–water partition coefficient (Wildman–Crippen LogP) is 1.63. The van der Waals surface area contributed by atoms with Gasteiger partial charge < -0.3 is 20.1 Å². The number of aliphatic hydroxyl groups is 1. The highest BCUT2D eigenvalue weighted by Gasteiger charge is 2.30. The standard InChI is InChI=1S/C20H27N5O3/c1-12-7-16(28-4)19(21-9-12)20(27)23-14(3)15-5-6-25(10-15)18-8-13(2)22-17(11-26)24-18/h7-9,14-15,26H,5-6,10-11H2,1-4H3,(H,23,27). The number of hydrogen-bond acceptors (Lipinski definition) is 7. The summed E-state index contributed by atoms with van der Waals surface area (Å²) in [7, 11) is 1.54. The molecule has 2 N–H and O–H groups in total. The van der Waals surface area contributed by atoms with Crippen LogP contribution in [-0.2, 0) is 6.61 Å². The number of nitrogens with zero attached hydrogens (tertiary/aromatic N) is 4. The molecule has 28 heavy (non-hydrogen) atoms. The molecule has 8 nitrogen and oxygen atoms in total. The van der Waals surface area contributed by atoms with Crippen molar-refractivity contribution in [3.63, 3.8) is 0 Å². The molecule has 1 amide bonds. The molecule has 1 fully saturated rings. The van der Waals surface area contributed by atoms with Crippen LogP contribution in [-0.4, -0.2) is 52.2 Å². The van der Waals surface area contributed by atoms with Crippen molar-refractivity contribution in [2.45, 2.75) is 39.8 Å². The van der Waals surface area contributed by atoms with E-state index in [1.807, 2.05) is 26.8 Å². The number of amides is 1. The molecule has 3 heterocycles. The highest BCUT2D eigenvalue weighted by molar-refractivity contribution is 5.95. The molecule has 1 aliphatic heterocycles. The summed E-state index contributed by atoms with van der Waals surface area (Å²) < 4.78 is 5.30. The molecule has 1 saturated heterocycles. The summed E-state index contributed by atoms with van der Waals surface area (Å²) in [5.74, 6) is 1.78. The monoisotopic (exact) mass is 385 g/mol. The normalized spacial score (nSPS) is 17.5. The summed E-state index contributed by atoms with van der Waals surface area (Å²) in [4.78, 5) is 27.7. The van der Waals surface area contributed by atoms with Crippen LogP contribution in [0.3, 0.4) is 0 Å². The molecule has 2 atom stereocenters. The average Bonchev–Trinajstić information content (AvgIpc) is 3.17. The number of aliphatic hydroxyl groups excluding tert-OH is 1. The number of anilines is 1. The Morgan fingerprint density at radius 2 is 2.18 bits per heavy atom. The van der Waals surface area contributed by atoms with Gasteiger partial charge in [0.1, 0.15) is 18.2 Å². The number of aromatic nitrogens is 3. The second-order valence-electron chi connectivity index (χ2n) is 7.26. The van der Waals surface area contributed by atoms with Crippen LogP contribution in [0.15, 0.2) is 18.3 Å². The molecule has 2 aromatic heterocycles. The number of rotatable bonds is 6. The predicted molar refractivity (Wildman–Crippen MR) is 105 cm³/mol. The van der Waals surface area contributed by atoms with Crippen molar-refractivity contribution in [3.8, 4) is 5.75 Å². The maximum Gasteiger partial charge on any atom is 0.273 e.